The van der Waals surface area contributed by atoms with E-state index >= 15 is 0 Å². The third-order valence-electron chi connectivity index (χ3n) is 4.78. The van der Waals surface area contributed by atoms with E-state index in [0.717, 1.165) is 12.1 Å². The average molecular weight is 377 g/mol. The summed E-state index contributed by atoms with van der Waals surface area (Å²) in [6.45, 7) is 1.62. The zero-order valence-electron chi connectivity index (χ0n) is 14.3. The molecule has 2 aromatic carbocycles. The first kappa shape index (κ1) is 18.2. The van der Waals surface area contributed by atoms with Crippen LogP contribution in [0.25, 0.3) is 0 Å². The molecule has 1 N–H and O–H groups in total. The Bertz CT molecular complexity index is 746. The molecule has 2 aromatic rings. The fourth-order valence-electron chi connectivity index (χ4n) is 3.31. The van der Waals surface area contributed by atoms with Crippen LogP contribution >= 0.6 is 23.2 Å². The number of likely N-dealkylation sites (tertiary alicyclic amines) is 1. The number of amides is 1. The van der Waals surface area contributed by atoms with Crippen LogP contribution in [-0.2, 0) is 6.54 Å². The van der Waals surface area contributed by atoms with Crippen molar-refractivity contribution >= 4 is 29.1 Å². The molecule has 1 aliphatic rings. The van der Waals surface area contributed by atoms with Crippen LogP contribution in [0, 0.1) is 0 Å². The first-order chi connectivity index (χ1) is 12.1. The number of halogens is 2. The van der Waals surface area contributed by atoms with Gasteiger partial charge in [-0.3, -0.25) is 9.69 Å². The number of hydrogen-bond acceptors (Lipinski definition) is 2. The molecule has 3 nitrogen and oxygen atoms in total. The second-order valence-electron chi connectivity index (χ2n) is 6.52. The summed E-state index contributed by atoms with van der Waals surface area (Å²) in [5.41, 5.74) is 2.80. The lowest BCUT2D eigenvalue weighted by molar-refractivity contribution is 0.0951. The van der Waals surface area contributed by atoms with Crippen molar-refractivity contribution in [3.63, 3.8) is 0 Å². The predicted octanol–water partition coefficient (Wildman–Crippen LogP) is 5.08. The number of rotatable bonds is 4. The summed E-state index contributed by atoms with van der Waals surface area (Å²) >= 11 is 12.1. The highest BCUT2D eigenvalue weighted by atomic mass is 35.5. The van der Waals surface area contributed by atoms with Crippen molar-refractivity contribution in [3.05, 3.63) is 69.2 Å². The molecule has 0 unspecified atom stereocenters. The van der Waals surface area contributed by atoms with E-state index in [2.05, 4.69) is 41.5 Å². The lowest BCUT2D eigenvalue weighted by Crippen LogP contribution is -2.29. The number of nitrogens with zero attached hydrogens (tertiary/aromatic N) is 1. The summed E-state index contributed by atoms with van der Waals surface area (Å²) in [5, 5.41) is 3.57. The fraction of sp³-hybridized carbons (Fsp3) is 0.350. The quantitative estimate of drug-likeness (QED) is 0.806. The van der Waals surface area contributed by atoms with Gasteiger partial charge in [-0.1, -0.05) is 60.0 Å². The average Bonchev–Trinajstić information content (AvgIpc) is 2.63. The third kappa shape index (κ3) is 4.35. The van der Waals surface area contributed by atoms with E-state index in [-0.39, 0.29) is 10.9 Å². The first-order valence-electron chi connectivity index (χ1n) is 8.57. The van der Waals surface area contributed by atoms with E-state index in [9.17, 15) is 4.79 Å². The van der Waals surface area contributed by atoms with Gasteiger partial charge in [-0.25, -0.2) is 0 Å². The Hall–Kier alpha value is -1.55. The fourth-order valence-corrected chi connectivity index (χ4v) is 3.70. The van der Waals surface area contributed by atoms with Crippen molar-refractivity contribution < 1.29 is 4.79 Å². The zero-order chi connectivity index (χ0) is 17.8. The highest BCUT2D eigenvalue weighted by Gasteiger charge is 2.20. The maximum absolute atomic E-state index is 12.3. The molecular formula is C20H22Cl2N2O. The Labute approximate surface area is 158 Å². The molecule has 1 saturated heterocycles. The predicted molar refractivity (Wildman–Crippen MR) is 103 cm³/mol. The van der Waals surface area contributed by atoms with Crippen LogP contribution in [0.3, 0.4) is 0 Å². The molecule has 0 aliphatic carbocycles. The van der Waals surface area contributed by atoms with Gasteiger partial charge in [0.15, 0.2) is 0 Å². The molecule has 1 heterocycles. The molecule has 1 aliphatic heterocycles. The number of carbonyl (C=O) groups excluding carboxylic acids is 1. The molecule has 1 amide bonds. The van der Waals surface area contributed by atoms with Gasteiger partial charge in [-0.05, 0) is 49.7 Å². The van der Waals surface area contributed by atoms with Gasteiger partial charge >= 0.3 is 0 Å². The van der Waals surface area contributed by atoms with Crippen molar-refractivity contribution in [2.75, 3.05) is 13.6 Å². The SMILES string of the molecule is CN1CCCC[C@H]1c1ccc(CNC(=O)c2cccc(Cl)c2Cl)cc1. The molecular weight excluding hydrogens is 355 g/mol. The van der Waals surface area contributed by atoms with Gasteiger partial charge in [0.25, 0.3) is 5.91 Å². The third-order valence-corrected chi connectivity index (χ3v) is 5.60. The van der Waals surface area contributed by atoms with Crippen LogP contribution in [0.15, 0.2) is 42.5 Å². The Kier molecular flexibility index (Phi) is 6.00. The summed E-state index contributed by atoms with van der Waals surface area (Å²) in [4.78, 5) is 14.7. The molecule has 1 fully saturated rings. The van der Waals surface area contributed by atoms with E-state index in [1.54, 1.807) is 18.2 Å². The van der Waals surface area contributed by atoms with E-state index < -0.39 is 0 Å². The molecule has 3 rings (SSSR count). The number of benzene rings is 2. The normalized spacial score (nSPS) is 18.1. The molecule has 25 heavy (non-hydrogen) atoms. The highest BCUT2D eigenvalue weighted by Crippen LogP contribution is 2.29. The first-order valence-corrected chi connectivity index (χ1v) is 9.33. The van der Waals surface area contributed by atoms with Gasteiger partial charge < -0.3 is 5.32 Å². The van der Waals surface area contributed by atoms with Crippen molar-refractivity contribution in [1.29, 1.82) is 0 Å². The second-order valence-corrected chi connectivity index (χ2v) is 7.30. The van der Waals surface area contributed by atoms with Crippen molar-refractivity contribution in [3.8, 4) is 0 Å². The van der Waals surface area contributed by atoms with Crippen LogP contribution in [0.2, 0.25) is 10.0 Å². The van der Waals surface area contributed by atoms with Gasteiger partial charge in [0.1, 0.15) is 0 Å². The van der Waals surface area contributed by atoms with Crippen molar-refractivity contribution in [1.82, 2.24) is 10.2 Å². The Morgan fingerprint density at radius 1 is 1.16 bits per heavy atom. The standard InChI is InChI=1S/C20H22Cl2N2O/c1-24-12-3-2-7-18(24)15-10-8-14(9-11-15)13-23-20(25)16-5-4-6-17(21)19(16)22/h4-6,8-11,18H,2-3,7,12-13H2,1H3,(H,23,25)/t18-/m0/s1. The number of nitrogens with one attached hydrogen (secondary N) is 1. The zero-order valence-corrected chi connectivity index (χ0v) is 15.8. The lowest BCUT2D eigenvalue weighted by Gasteiger charge is -2.32. The van der Waals surface area contributed by atoms with Crippen LogP contribution in [0.4, 0.5) is 0 Å². The Morgan fingerprint density at radius 2 is 1.92 bits per heavy atom. The van der Waals surface area contributed by atoms with E-state index in [1.165, 1.54) is 24.8 Å². The largest absolute Gasteiger partial charge is 0.348 e. The molecule has 0 bridgehead atoms. The summed E-state index contributed by atoms with van der Waals surface area (Å²) in [5.74, 6) is -0.219. The molecule has 5 heteroatoms. The Morgan fingerprint density at radius 3 is 2.64 bits per heavy atom. The van der Waals surface area contributed by atoms with Gasteiger partial charge in [-0.2, -0.15) is 0 Å². The number of piperidine rings is 1. The number of hydrogen-bond donors (Lipinski definition) is 1. The summed E-state index contributed by atoms with van der Waals surface area (Å²) in [6.07, 6.45) is 3.77. The van der Waals surface area contributed by atoms with Crippen LogP contribution < -0.4 is 5.32 Å². The molecule has 0 radical (unpaired) electrons. The van der Waals surface area contributed by atoms with Crippen molar-refractivity contribution in [2.45, 2.75) is 31.8 Å². The molecule has 1 atom stereocenters. The van der Waals surface area contributed by atoms with Crippen LogP contribution in [0.5, 0.6) is 0 Å². The van der Waals surface area contributed by atoms with Gasteiger partial charge in [0.2, 0.25) is 0 Å². The molecule has 0 aromatic heterocycles. The minimum absolute atomic E-state index is 0.219. The van der Waals surface area contributed by atoms with E-state index in [1.807, 2.05) is 0 Å². The van der Waals surface area contributed by atoms with E-state index in [0.29, 0.717) is 23.2 Å². The van der Waals surface area contributed by atoms with E-state index in [4.69, 9.17) is 23.2 Å². The lowest BCUT2D eigenvalue weighted by atomic mass is 9.95. The minimum atomic E-state index is -0.219. The molecule has 0 spiro atoms. The topological polar surface area (TPSA) is 32.3 Å². The molecule has 0 saturated carbocycles. The second kappa shape index (κ2) is 8.22. The Balaban J connectivity index is 1.62. The summed E-state index contributed by atoms with van der Waals surface area (Å²) in [6, 6.07) is 14.1. The van der Waals surface area contributed by atoms with Gasteiger partial charge in [-0.15, -0.1) is 0 Å². The monoisotopic (exact) mass is 376 g/mol. The van der Waals surface area contributed by atoms with Gasteiger partial charge in [0.05, 0.1) is 15.6 Å². The molecule has 132 valence electrons. The van der Waals surface area contributed by atoms with Crippen LogP contribution in [-0.4, -0.2) is 24.4 Å². The van der Waals surface area contributed by atoms with Crippen molar-refractivity contribution in [2.24, 2.45) is 0 Å². The van der Waals surface area contributed by atoms with Crippen LogP contribution in [0.1, 0.15) is 46.8 Å². The summed E-state index contributed by atoms with van der Waals surface area (Å²) < 4.78 is 0. The summed E-state index contributed by atoms with van der Waals surface area (Å²) in [7, 11) is 2.19. The maximum Gasteiger partial charge on any atom is 0.253 e. The van der Waals surface area contributed by atoms with Gasteiger partial charge in [0, 0.05) is 12.6 Å². The smallest absolute Gasteiger partial charge is 0.253 e. The highest BCUT2D eigenvalue weighted by molar-refractivity contribution is 6.43. The minimum Gasteiger partial charge on any atom is -0.348 e. The maximum atomic E-state index is 12.3. The number of carbonyl (C=O) groups is 1.